The van der Waals surface area contributed by atoms with Crippen molar-refractivity contribution in [2.24, 2.45) is 7.05 Å². The highest BCUT2D eigenvalue weighted by atomic mass is 35.5. The van der Waals surface area contributed by atoms with Gasteiger partial charge >= 0.3 is 0 Å². The molecule has 20 heavy (non-hydrogen) atoms. The summed E-state index contributed by atoms with van der Waals surface area (Å²) in [7, 11) is 5.85. The van der Waals surface area contributed by atoms with E-state index in [1.54, 1.807) is 0 Å². The minimum absolute atomic E-state index is 0.650. The summed E-state index contributed by atoms with van der Waals surface area (Å²) in [4.78, 5) is 2.03. The molecule has 0 atom stereocenters. The predicted octanol–water partition coefficient (Wildman–Crippen LogP) is 3.23. The standard InChI is InChI=1S/C15H17ClN4/c1-19(2)15-5-4-12(16)7-14(15)18-9-11-6-13(8-17)20(3)10-11/h4-7,10,18H,9H2,1-3H3. The summed E-state index contributed by atoms with van der Waals surface area (Å²) < 4.78 is 1.82. The van der Waals surface area contributed by atoms with E-state index in [0.29, 0.717) is 17.3 Å². The molecule has 0 saturated heterocycles. The number of nitriles is 1. The summed E-state index contributed by atoms with van der Waals surface area (Å²) in [5.74, 6) is 0. The van der Waals surface area contributed by atoms with Crippen molar-refractivity contribution in [2.45, 2.75) is 6.54 Å². The Morgan fingerprint density at radius 2 is 2.10 bits per heavy atom. The Balaban J connectivity index is 2.18. The van der Waals surface area contributed by atoms with Crippen molar-refractivity contribution in [1.29, 1.82) is 5.26 Å². The van der Waals surface area contributed by atoms with Crippen molar-refractivity contribution in [3.63, 3.8) is 0 Å². The van der Waals surface area contributed by atoms with Crippen molar-refractivity contribution >= 4 is 23.0 Å². The minimum atomic E-state index is 0.650. The lowest BCUT2D eigenvalue weighted by Gasteiger charge is -2.18. The number of hydrogen-bond acceptors (Lipinski definition) is 3. The van der Waals surface area contributed by atoms with E-state index in [9.17, 15) is 0 Å². The fraction of sp³-hybridized carbons (Fsp3) is 0.267. The van der Waals surface area contributed by atoms with Crippen LogP contribution in [0.3, 0.4) is 0 Å². The molecule has 0 fully saturated rings. The van der Waals surface area contributed by atoms with E-state index in [1.165, 1.54) is 0 Å². The maximum absolute atomic E-state index is 8.95. The van der Waals surface area contributed by atoms with Crippen LogP contribution in [0.4, 0.5) is 11.4 Å². The minimum Gasteiger partial charge on any atom is -0.379 e. The Hall–Kier alpha value is -2.12. The highest BCUT2D eigenvalue weighted by Gasteiger charge is 2.07. The van der Waals surface area contributed by atoms with Gasteiger partial charge in [-0.15, -0.1) is 0 Å². The van der Waals surface area contributed by atoms with Gasteiger partial charge in [0, 0.05) is 38.9 Å². The van der Waals surface area contributed by atoms with Gasteiger partial charge < -0.3 is 14.8 Å². The molecule has 0 unspecified atom stereocenters. The molecule has 1 heterocycles. The van der Waals surface area contributed by atoms with E-state index in [1.807, 2.05) is 61.1 Å². The lowest BCUT2D eigenvalue weighted by atomic mass is 10.2. The third-order valence-corrected chi connectivity index (χ3v) is 3.33. The molecule has 0 saturated carbocycles. The van der Waals surface area contributed by atoms with Gasteiger partial charge in [-0.1, -0.05) is 11.6 Å². The van der Waals surface area contributed by atoms with E-state index in [2.05, 4.69) is 11.4 Å². The molecule has 0 radical (unpaired) electrons. The molecule has 2 aromatic rings. The van der Waals surface area contributed by atoms with Crippen LogP contribution in [0.5, 0.6) is 0 Å². The van der Waals surface area contributed by atoms with Crippen LogP contribution in [-0.4, -0.2) is 18.7 Å². The SMILES string of the molecule is CN(C)c1ccc(Cl)cc1NCc1cc(C#N)n(C)c1. The molecule has 0 amide bonds. The van der Waals surface area contributed by atoms with Crippen LogP contribution in [0.15, 0.2) is 30.5 Å². The van der Waals surface area contributed by atoms with Crippen LogP contribution < -0.4 is 10.2 Å². The second-order valence-electron chi connectivity index (χ2n) is 4.87. The Bertz CT molecular complexity index is 652. The molecule has 0 spiro atoms. The van der Waals surface area contributed by atoms with E-state index in [4.69, 9.17) is 16.9 Å². The molecule has 2 rings (SSSR count). The lowest BCUT2D eigenvalue weighted by molar-refractivity contribution is 0.902. The summed E-state index contributed by atoms with van der Waals surface area (Å²) in [5.41, 5.74) is 3.77. The maximum Gasteiger partial charge on any atom is 0.120 e. The largest absolute Gasteiger partial charge is 0.379 e. The number of nitrogens with one attached hydrogen (secondary N) is 1. The first kappa shape index (κ1) is 14.3. The van der Waals surface area contributed by atoms with Gasteiger partial charge in [0.15, 0.2) is 0 Å². The van der Waals surface area contributed by atoms with Gasteiger partial charge in [0.2, 0.25) is 0 Å². The van der Waals surface area contributed by atoms with E-state index >= 15 is 0 Å². The Morgan fingerprint density at radius 1 is 1.35 bits per heavy atom. The van der Waals surface area contributed by atoms with Gasteiger partial charge in [-0.3, -0.25) is 0 Å². The van der Waals surface area contributed by atoms with Crippen LogP contribution in [0.2, 0.25) is 5.02 Å². The first-order valence-corrected chi connectivity index (χ1v) is 6.65. The number of aryl methyl sites for hydroxylation is 1. The van der Waals surface area contributed by atoms with Crippen LogP contribution in [0, 0.1) is 11.3 Å². The van der Waals surface area contributed by atoms with Crippen LogP contribution in [0.1, 0.15) is 11.3 Å². The van der Waals surface area contributed by atoms with Crippen LogP contribution in [-0.2, 0) is 13.6 Å². The second kappa shape index (κ2) is 5.89. The molecular weight excluding hydrogens is 272 g/mol. The van der Waals surface area contributed by atoms with Gasteiger partial charge in [-0.2, -0.15) is 5.26 Å². The Kier molecular flexibility index (Phi) is 4.21. The number of anilines is 2. The van der Waals surface area contributed by atoms with Crippen LogP contribution in [0.25, 0.3) is 0 Å². The zero-order chi connectivity index (χ0) is 14.7. The molecule has 4 nitrogen and oxygen atoms in total. The monoisotopic (exact) mass is 288 g/mol. The molecule has 104 valence electrons. The molecule has 5 heteroatoms. The zero-order valence-electron chi connectivity index (χ0n) is 11.8. The van der Waals surface area contributed by atoms with Crippen molar-refractivity contribution in [2.75, 3.05) is 24.3 Å². The van der Waals surface area contributed by atoms with Gasteiger partial charge in [0.05, 0.1) is 11.4 Å². The van der Waals surface area contributed by atoms with Crippen molar-refractivity contribution < 1.29 is 0 Å². The fourth-order valence-electron chi connectivity index (χ4n) is 2.08. The summed E-state index contributed by atoms with van der Waals surface area (Å²) in [6, 6.07) is 9.80. The maximum atomic E-state index is 8.95. The summed E-state index contributed by atoms with van der Waals surface area (Å²) in [6.45, 7) is 0.650. The number of benzene rings is 1. The first-order chi connectivity index (χ1) is 9.51. The van der Waals surface area contributed by atoms with E-state index in [-0.39, 0.29) is 0 Å². The quantitative estimate of drug-likeness (QED) is 0.939. The molecule has 0 aliphatic carbocycles. The summed E-state index contributed by atoms with van der Waals surface area (Å²) in [6.07, 6.45) is 1.95. The normalized spacial score (nSPS) is 10.2. The van der Waals surface area contributed by atoms with Gasteiger partial charge in [0.1, 0.15) is 11.8 Å². The van der Waals surface area contributed by atoms with Crippen LogP contribution >= 0.6 is 11.6 Å². The predicted molar refractivity (Wildman–Crippen MR) is 83.2 cm³/mol. The van der Waals surface area contributed by atoms with E-state index in [0.717, 1.165) is 16.9 Å². The van der Waals surface area contributed by atoms with Crippen molar-refractivity contribution in [3.05, 3.63) is 46.7 Å². The number of rotatable bonds is 4. The highest BCUT2D eigenvalue weighted by molar-refractivity contribution is 6.31. The number of nitrogens with zero attached hydrogens (tertiary/aromatic N) is 3. The topological polar surface area (TPSA) is 44.0 Å². The summed E-state index contributed by atoms with van der Waals surface area (Å²) in [5, 5.41) is 13.0. The third-order valence-electron chi connectivity index (χ3n) is 3.10. The fourth-order valence-corrected chi connectivity index (χ4v) is 2.25. The molecule has 0 aliphatic heterocycles. The third kappa shape index (κ3) is 3.06. The number of aromatic nitrogens is 1. The molecule has 1 N–H and O–H groups in total. The molecule has 1 aromatic carbocycles. The molecular formula is C15H17ClN4. The summed E-state index contributed by atoms with van der Waals surface area (Å²) >= 11 is 6.05. The average Bonchev–Trinajstić information content (AvgIpc) is 2.76. The van der Waals surface area contributed by atoms with E-state index < -0.39 is 0 Å². The van der Waals surface area contributed by atoms with Crippen molar-refractivity contribution in [1.82, 2.24) is 4.57 Å². The Labute approximate surface area is 124 Å². The number of hydrogen-bond donors (Lipinski definition) is 1. The Morgan fingerprint density at radius 3 is 2.70 bits per heavy atom. The first-order valence-electron chi connectivity index (χ1n) is 6.27. The van der Waals surface area contributed by atoms with Gasteiger partial charge in [0.25, 0.3) is 0 Å². The zero-order valence-corrected chi connectivity index (χ0v) is 12.6. The average molecular weight is 289 g/mol. The van der Waals surface area contributed by atoms with Gasteiger partial charge in [-0.25, -0.2) is 0 Å². The second-order valence-corrected chi connectivity index (χ2v) is 5.30. The molecule has 0 bridgehead atoms. The molecule has 1 aromatic heterocycles. The lowest BCUT2D eigenvalue weighted by Crippen LogP contribution is -2.12. The van der Waals surface area contributed by atoms with Crippen molar-refractivity contribution in [3.8, 4) is 6.07 Å². The smallest absolute Gasteiger partial charge is 0.120 e. The molecule has 0 aliphatic rings. The van der Waals surface area contributed by atoms with Gasteiger partial charge in [-0.05, 0) is 29.8 Å². The highest BCUT2D eigenvalue weighted by Crippen LogP contribution is 2.28. The number of halogens is 1.